The van der Waals surface area contributed by atoms with E-state index in [1.165, 1.54) is 0 Å². The maximum absolute atomic E-state index is 13.8. The Morgan fingerprint density at radius 1 is 0.972 bits per heavy atom. The molecule has 0 saturated heterocycles. The summed E-state index contributed by atoms with van der Waals surface area (Å²) in [6.07, 6.45) is 0. The van der Waals surface area contributed by atoms with Gasteiger partial charge in [-0.25, -0.2) is 0 Å². The van der Waals surface area contributed by atoms with Crippen molar-refractivity contribution in [3.63, 3.8) is 0 Å². The van der Waals surface area contributed by atoms with Crippen molar-refractivity contribution in [1.82, 2.24) is 10.2 Å². The first-order chi connectivity index (χ1) is 16.6. The number of fused-ring (bicyclic) bond motifs is 1. The normalized spacial score (nSPS) is 15.9. The fourth-order valence-electron chi connectivity index (χ4n) is 4.14. The van der Waals surface area contributed by atoms with Gasteiger partial charge in [-0.05, 0) is 57.1 Å². The minimum Gasteiger partial charge on any atom is -0.474 e. The molecule has 2 atom stereocenters. The predicted molar refractivity (Wildman–Crippen MR) is 151 cm³/mol. The smallest absolute Gasteiger partial charge is 0.259 e. The summed E-state index contributed by atoms with van der Waals surface area (Å²) in [6.45, 7) is 26.0. The third-order valence-electron chi connectivity index (χ3n) is 6.98. The van der Waals surface area contributed by atoms with Crippen LogP contribution in [0, 0.1) is 0 Å². The minimum absolute atomic E-state index is 0.0437. The number of hydrogen-bond acceptors (Lipinski definition) is 4. The molecule has 0 radical (unpaired) electrons. The molecule has 5 nitrogen and oxygen atoms in total. The molecular weight excluding hydrogens is 464 g/mol. The second kappa shape index (κ2) is 10.3. The molecular formula is C30H42N2O3Si. The van der Waals surface area contributed by atoms with Gasteiger partial charge in [0.15, 0.2) is 14.2 Å². The van der Waals surface area contributed by atoms with Crippen LogP contribution in [0.1, 0.15) is 69.1 Å². The maximum Gasteiger partial charge on any atom is 0.259 e. The van der Waals surface area contributed by atoms with Crippen LogP contribution >= 0.6 is 0 Å². The monoisotopic (exact) mass is 506 g/mol. The fourth-order valence-corrected chi connectivity index (χ4v) is 5.17. The topological polar surface area (TPSA) is 50.8 Å². The predicted octanol–water partition coefficient (Wildman–Crippen LogP) is 7.12. The largest absolute Gasteiger partial charge is 0.474 e. The van der Waals surface area contributed by atoms with Crippen molar-refractivity contribution in [2.24, 2.45) is 0 Å². The van der Waals surface area contributed by atoms with Crippen molar-refractivity contribution < 1.29 is 14.0 Å². The molecule has 0 spiro atoms. The number of carbonyl (C=O) groups is 1. The highest BCUT2D eigenvalue weighted by Crippen LogP contribution is 2.41. The van der Waals surface area contributed by atoms with Crippen molar-refractivity contribution in [1.29, 1.82) is 0 Å². The van der Waals surface area contributed by atoms with Crippen molar-refractivity contribution in [2.45, 2.75) is 77.4 Å². The highest BCUT2D eigenvalue weighted by Gasteiger charge is 2.43. The molecule has 0 fully saturated rings. The van der Waals surface area contributed by atoms with Crippen LogP contribution in [0.5, 0.6) is 0 Å². The average Bonchev–Trinajstić information content (AvgIpc) is 3.02. The van der Waals surface area contributed by atoms with Crippen LogP contribution in [0.3, 0.4) is 0 Å². The van der Waals surface area contributed by atoms with Crippen LogP contribution in [0.2, 0.25) is 18.1 Å². The molecule has 1 aliphatic rings. The summed E-state index contributed by atoms with van der Waals surface area (Å²) in [5.41, 5.74) is 2.78. The van der Waals surface area contributed by atoms with Crippen molar-refractivity contribution >= 4 is 19.9 Å². The lowest BCUT2D eigenvalue weighted by atomic mass is 9.97. The van der Waals surface area contributed by atoms with Gasteiger partial charge in [-0.1, -0.05) is 75.9 Å². The lowest BCUT2D eigenvalue weighted by molar-refractivity contribution is 0.0302. The number of rotatable bonds is 9. The van der Waals surface area contributed by atoms with E-state index < -0.39 is 13.9 Å². The third-order valence-corrected chi connectivity index (χ3v) is 11.5. The van der Waals surface area contributed by atoms with Crippen LogP contribution in [-0.4, -0.2) is 37.4 Å². The molecule has 0 aliphatic carbocycles. The van der Waals surface area contributed by atoms with E-state index >= 15 is 0 Å². The molecule has 3 rings (SSSR count). The SMILES string of the molecule is C=C(N[C@H](CO[Si](C)(C)C(C)(C)C)[C@H](c1ccccc1)N1C(=C)c2ccccc2C1=O)OC(C)(C)C. The standard InChI is InChI=1S/C30H42N2O3Si/c1-21-24-18-14-15-19-25(24)28(33)32(21)27(23-16-12-11-13-17-23)26(31-22(2)35-29(3,4)5)20-34-36(9,10)30(6,7)8/h11-19,26-27,31H,1-2,20H2,3-10H3/t26-,27+/m1/s1. The highest BCUT2D eigenvalue weighted by molar-refractivity contribution is 6.74. The van der Waals surface area contributed by atoms with Gasteiger partial charge in [0.2, 0.25) is 0 Å². The second-order valence-electron chi connectivity index (χ2n) is 12.0. The molecule has 1 heterocycles. The number of carbonyl (C=O) groups excluding carboxylic acids is 1. The summed E-state index contributed by atoms with van der Waals surface area (Å²) in [5.74, 6) is 0.382. The molecule has 1 N–H and O–H groups in total. The summed E-state index contributed by atoms with van der Waals surface area (Å²) >= 11 is 0. The Hall–Kier alpha value is -2.83. The number of ether oxygens (including phenoxy) is 1. The first-order valence-electron chi connectivity index (χ1n) is 12.6. The summed E-state index contributed by atoms with van der Waals surface area (Å²) < 4.78 is 12.8. The van der Waals surface area contributed by atoms with Crippen LogP contribution in [0.15, 0.2) is 73.6 Å². The molecule has 1 amide bonds. The molecule has 0 aromatic heterocycles. The number of benzene rings is 2. The molecule has 1 aliphatic heterocycles. The molecule has 0 saturated carbocycles. The van der Waals surface area contributed by atoms with E-state index in [9.17, 15) is 4.79 Å². The Bertz CT molecular complexity index is 1080. The van der Waals surface area contributed by atoms with E-state index in [0.717, 1.165) is 11.1 Å². The fraction of sp³-hybridized carbons (Fsp3) is 0.433. The average molecular weight is 507 g/mol. The van der Waals surface area contributed by atoms with E-state index in [0.29, 0.717) is 23.8 Å². The third kappa shape index (κ3) is 6.10. The number of nitrogens with one attached hydrogen (secondary N) is 1. The van der Waals surface area contributed by atoms with Crippen LogP contribution in [0.25, 0.3) is 5.70 Å². The summed E-state index contributed by atoms with van der Waals surface area (Å²) in [5, 5.41) is 3.53. The minimum atomic E-state index is -2.09. The van der Waals surface area contributed by atoms with Crippen LogP contribution < -0.4 is 5.32 Å². The molecule has 36 heavy (non-hydrogen) atoms. The molecule has 2 aromatic rings. The van der Waals surface area contributed by atoms with Gasteiger partial charge < -0.3 is 14.5 Å². The number of nitrogens with zero attached hydrogens (tertiary/aromatic N) is 1. The first kappa shape index (κ1) is 27.7. The number of hydrogen-bond donors (Lipinski definition) is 1. The van der Waals surface area contributed by atoms with Crippen LogP contribution in [0.4, 0.5) is 0 Å². The quantitative estimate of drug-likeness (QED) is 0.291. The lowest BCUT2D eigenvalue weighted by Crippen LogP contribution is -2.50. The molecule has 6 heteroatoms. The first-order valence-corrected chi connectivity index (χ1v) is 15.5. The van der Waals surface area contributed by atoms with Gasteiger partial charge in [-0.3, -0.25) is 9.69 Å². The molecule has 194 valence electrons. The zero-order valence-corrected chi connectivity index (χ0v) is 24.1. The van der Waals surface area contributed by atoms with Gasteiger partial charge in [0.25, 0.3) is 5.91 Å². The van der Waals surface area contributed by atoms with Crippen LogP contribution in [-0.2, 0) is 9.16 Å². The van der Waals surface area contributed by atoms with Crippen molar-refractivity contribution in [3.8, 4) is 0 Å². The summed E-state index contributed by atoms with van der Waals surface area (Å²) in [7, 11) is -2.09. The van der Waals surface area contributed by atoms with Crippen molar-refractivity contribution in [3.05, 3.63) is 90.3 Å². The Morgan fingerprint density at radius 2 is 1.53 bits per heavy atom. The van der Waals surface area contributed by atoms with Gasteiger partial charge in [0.05, 0.1) is 18.7 Å². The van der Waals surface area contributed by atoms with Gasteiger partial charge in [0.1, 0.15) is 5.60 Å². The molecule has 0 bridgehead atoms. The Morgan fingerprint density at radius 3 is 2.06 bits per heavy atom. The molecule has 0 unspecified atom stereocenters. The Kier molecular flexibility index (Phi) is 7.91. The van der Waals surface area contributed by atoms with E-state index in [1.807, 2.05) is 75.4 Å². The van der Waals surface area contributed by atoms with Gasteiger partial charge in [0, 0.05) is 16.8 Å². The highest BCUT2D eigenvalue weighted by atomic mass is 28.4. The zero-order chi connectivity index (χ0) is 26.9. The van der Waals surface area contributed by atoms with E-state index in [-0.39, 0.29) is 23.0 Å². The number of amides is 1. The zero-order valence-electron chi connectivity index (χ0n) is 23.1. The van der Waals surface area contributed by atoms with Gasteiger partial charge in [-0.2, -0.15) is 0 Å². The van der Waals surface area contributed by atoms with E-state index in [1.54, 1.807) is 4.90 Å². The Balaban J connectivity index is 2.06. The summed E-state index contributed by atoms with van der Waals surface area (Å²) in [6, 6.07) is 17.0. The maximum atomic E-state index is 13.8. The van der Waals surface area contributed by atoms with Gasteiger partial charge in [-0.15, -0.1) is 0 Å². The van der Waals surface area contributed by atoms with Gasteiger partial charge >= 0.3 is 0 Å². The lowest BCUT2D eigenvalue weighted by Gasteiger charge is -2.41. The Labute approximate surface area is 218 Å². The second-order valence-corrected chi connectivity index (χ2v) is 16.8. The van der Waals surface area contributed by atoms with E-state index in [2.05, 4.69) is 52.3 Å². The van der Waals surface area contributed by atoms with E-state index in [4.69, 9.17) is 9.16 Å². The van der Waals surface area contributed by atoms with Crippen molar-refractivity contribution in [2.75, 3.05) is 6.61 Å². The summed E-state index contributed by atoms with van der Waals surface area (Å²) in [4.78, 5) is 15.6. The molecule has 2 aromatic carbocycles.